The Morgan fingerprint density at radius 1 is 0.792 bits per heavy atom. The van der Waals surface area contributed by atoms with E-state index in [9.17, 15) is 45.9 Å². The Morgan fingerprint density at radius 3 is 1.92 bits per heavy atom. The summed E-state index contributed by atoms with van der Waals surface area (Å²) in [4.78, 5) is 62.1. The standard InChI is InChI=1S/C35H44F5N5O8/c1-19(2)31(34(49)44-23(7-4-14-42-35(41)50)33(48)43-22-10-8-21(9-11-22)20-5-3-6-20)45-24(46)12-15-51-17-18-52-16-13-25(47)53-32-29(39)27(37)26(36)28(38)30(32)40/h8-11,19-20,23,31H,3-7,12-18H2,1-2H3,(H,43,48)(H,44,49)(H,45,46)(H3,41,42,50). The lowest BCUT2D eigenvalue weighted by molar-refractivity contribution is -0.136. The van der Waals surface area contributed by atoms with Crippen molar-refractivity contribution in [2.24, 2.45) is 11.7 Å². The van der Waals surface area contributed by atoms with Crippen LogP contribution in [-0.2, 0) is 28.7 Å². The van der Waals surface area contributed by atoms with E-state index in [4.69, 9.17) is 15.2 Å². The van der Waals surface area contributed by atoms with Crippen LogP contribution in [0.15, 0.2) is 24.3 Å². The molecule has 18 heteroatoms. The van der Waals surface area contributed by atoms with Gasteiger partial charge in [0.15, 0.2) is 0 Å². The monoisotopic (exact) mass is 757 g/mol. The van der Waals surface area contributed by atoms with Crippen molar-refractivity contribution in [2.45, 2.75) is 76.8 Å². The summed E-state index contributed by atoms with van der Waals surface area (Å²) in [5.41, 5.74) is 6.88. The summed E-state index contributed by atoms with van der Waals surface area (Å²) >= 11 is 0. The lowest BCUT2D eigenvalue weighted by Crippen LogP contribution is -2.54. The number of hydrogen-bond donors (Lipinski definition) is 5. The van der Waals surface area contributed by atoms with Crippen molar-refractivity contribution in [3.05, 3.63) is 58.9 Å². The number of ether oxygens (including phenoxy) is 3. The predicted octanol–water partition coefficient (Wildman–Crippen LogP) is 4.08. The smallest absolute Gasteiger partial charge is 0.313 e. The number of halogens is 5. The molecule has 0 aliphatic heterocycles. The van der Waals surface area contributed by atoms with E-state index in [1.807, 2.05) is 12.1 Å². The highest BCUT2D eigenvalue weighted by atomic mass is 19.2. The SMILES string of the molecule is CC(C)C(NC(=O)CCOCCOCCC(=O)Oc1c(F)c(F)c(F)c(F)c1F)C(=O)NC(CCCNC(N)=O)C(=O)Nc1ccc(C2CCC2)cc1. The highest BCUT2D eigenvalue weighted by Crippen LogP contribution is 2.36. The summed E-state index contributed by atoms with van der Waals surface area (Å²) in [7, 11) is 0. The molecule has 53 heavy (non-hydrogen) atoms. The van der Waals surface area contributed by atoms with E-state index in [1.54, 1.807) is 26.0 Å². The van der Waals surface area contributed by atoms with Crippen molar-refractivity contribution < 1.29 is 60.1 Å². The zero-order valence-corrected chi connectivity index (χ0v) is 29.3. The topological polar surface area (TPSA) is 187 Å². The molecule has 5 amide bonds. The molecule has 1 saturated carbocycles. The maximum absolute atomic E-state index is 13.7. The molecule has 0 radical (unpaired) electrons. The fourth-order valence-electron chi connectivity index (χ4n) is 5.12. The van der Waals surface area contributed by atoms with Crippen molar-refractivity contribution in [3.8, 4) is 5.75 Å². The van der Waals surface area contributed by atoms with E-state index in [0.29, 0.717) is 18.0 Å². The molecule has 3 rings (SSSR count). The van der Waals surface area contributed by atoms with E-state index < -0.39 is 83.1 Å². The van der Waals surface area contributed by atoms with Crippen LogP contribution in [-0.4, -0.2) is 74.8 Å². The molecule has 1 aliphatic carbocycles. The Morgan fingerprint density at radius 2 is 1.38 bits per heavy atom. The molecule has 292 valence electrons. The average molecular weight is 758 g/mol. The van der Waals surface area contributed by atoms with Gasteiger partial charge in [-0.1, -0.05) is 32.4 Å². The minimum Gasteiger partial charge on any atom is -0.420 e. The normalized spacial score (nSPS) is 13.8. The minimum absolute atomic E-state index is 0.0429. The number of hydrogen-bond acceptors (Lipinski definition) is 8. The number of amides is 5. The number of urea groups is 1. The molecule has 0 spiro atoms. The van der Waals surface area contributed by atoms with Crippen LogP contribution < -0.4 is 31.7 Å². The number of carbonyl (C=O) groups excluding carboxylic acids is 5. The average Bonchev–Trinajstić information content (AvgIpc) is 3.09. The molecule has 1 fully saturated rings. The number of primary amides is 1. The van der Waals surface area contributed by atoms with Crippen molar-refractivity contribution in [1.29, 1.82) is 0 Å². The second kappa shape index (κ2) is 21.0. The number of anilines is 1. The number of esters is 1. The summed E-state index contributed by atoms with van der Waals surface area (Å²) in [6, 6.07) is 4.82. The molecule has 2 unspecified atom stereocenters. The Hall–Kier alpha value is -4.84. The van der Waals surface area contributed by atoms with Crippen LogP contribution in [0.25, 0.3) is 0 Å². The number of rotatable bonds is 21. The summed E-state index contributed by atoms with van der Waals surface area (Å²) in [6.07, 6.45) is 3.22. The fourth-order valence-corrected chi connectivity index (χ4v) is 5.12. The van der Waals surface area contributed by atoms with Gasteiger partial charge in [-0.3, -0.25) is 19.2 Å². The number of nitrogens with two attached hydrogens (primary N) is 1. The lowest BCUT2D eigenvalue weighted by Gasteiger charge is -2.26. The van der Waals surface area contributed by atoms with E-state index in [2.05, 4.69) is 26.0 Å². The van der Waals surface area contributed by atoms with Gasteiger partial charge in [-0.05, 0) is 55.2 Å². The second-order valence-electron chi connectivity index (χ2n) is 12.6. The van der Waals surface area contributed by atoms with Gasteiger partial charge in [-0.15, -0.1) is 0 Å². The van der Waals surface area contributed by atoms with Crippen molar-refractivity contribution >= 4 is 35.4 Å². The lowest BCUT2D eigenvalue weighted by atomic mass is 9.80. The molecule has 2 aromatic carbocycles. The third kappa shape index (κ3) is 13.3. The Kier molecular flexibility index (Phi) is 16.9. The third-order valence-corrected chi connectivity index (χ3v) is 8.30. The van der Waals surface area contributed by atoms with E-state index >= 15 is 0 Å². The fraction of sp³-hybridized carbons (Fsp3) is 0.514. The first-order valence-electron chi connectivity index (χ1n) is 17.1. The summed E-state index contributed by atoms with van der Waals surface area (Å²) in [5, 5.41) is 10.6. The molecule has 13 nitrogen and oxygen atoms in total. The summed E-state index contributed by atoms with van der Waals surface area (Å²) in [5.74, 6) is -15.9. The Labute approximate surface area is 302 Å². The zero-order chi connectivity index (χ0) is 39.1. The van der Waals surface area contributed by atoms with Gasteiger partial charge in [-0.2, -0.15) is 8.78 Å². The predicted molar refractivity (Wildman–Crippen MR) is 180 cm³/mol. The molecule has 2 aromatic rings. The number of nitrogens with one attached hydrogen (secondary N) is 4. The van der Waals surface area contributed by atoms with Crippen LogP contribution >= 0.6 is 0 Å². The maximum Gasteiger partial charge on any atom is 0.313 e. The van der Waals surface area contributed by atoms with Crippen LogP contribution in [0, 0.1) is 35.0 Å². The molecule has 0 aromatic heterocycles. The van der Waals surface area contributed by atoms with Crippen LogP contribution in [0.4, 0.5) is 32.4 Å². The van der Waals surface area contributed by atoms with Gasteiger partial charge in [0.2, 0.25) is 52.6 Å². The highest BCUT2D eigenvalue weighted by Gasteiger charge is 2.30. The largest absolute Gasteiger partial charge is 0.420 e. The third-order valence-electron chi connectivity index (χ3n) is 8.30. The van der Waals surface area contributed by atoms with Gasteiger partial charge in [0.05, 0.1) is 32.8 Å². The molecular formula is C35H44F5N5O8. The molecule has 0 bridgehead atoms. The van der Waals surface area contributed by atoms with Crippen molar-refractivity contribution in [1.82, 2.24) is 16.0 Å². The van der Waals surface area contributed by atoms with Crippen molar-refractivity contribution in [2.75, 3.05) is 38.3 Å². The van der Waals surface area contributed by atoms with Gasteiger partial charge in [0, 0.05) is 18.7 Å². The first-order chi connectivity index (χ1) is 25.2. The molecule has 6 N–H and O–H groups in total. The van der Waals surface area contributed by atoms with E-state index in [0.717, 1.165) is 12.8 Å². The van der Waals surface area contributed by atoms with Gasteiger partial charge in [0.1, 0.15) is 12.1 Å². The molecular weight excluding hydrogens is 713 g/mol. The van der Waals surface area contributed by atoms with Gasteiger partial charge in [-0.25, -0.2) is 18.0 Å². The van der Waals surface area contributed by atoms with E-state index in [1.165, 1.54) is 12.0 Å². The molecule has 1 aliphatic rings. The molecule has 0 saturated heterocycles. The van der Waals surface area contributed by atoms with Crippen LogP contribution in [0.5, 0.6) is 5.75 Å². The van der Waals surface area contributed by atoms with Gasteiger partial charge in [0.25, 0.3) is 0 Å². The second-order valence-corrected chi connectivity index (χ2v) is 12.6. The summed E-state index contributed by atoms with van der Waals surface area (Å²) < 4.78 is 81.7. The maximum atomic E-state index is 13.7. The quantitative estimate of drug-likeness (QED) is 0.0315. The first-order valence-corrected chi connectivity index (χ1v) is 17.1. The van der Waals surface area contributed by atoms with Crippen LogP contribution in [0.1, 0.15) is 70.3 Å². The summed E-state index contributed by atoms with van der Waals surface area (Å²) in [6.45, 7) is 3.06. The highest BCUT2D eigenvalue weighted by molar-refractivity contribution is 5.98. The Bertz CT molecular complexity index is 1560. The molecule has 2 atom stereocenters. The first kappa shape index (κ1) is 42.6. The van der Waals surface area contributed by atoms with Gasteiger partial charge >= 0.3 is 12.0 Å². The molecule has 0 heterocycles. The minimum atomic E-state index is -2.39. The van der Waals surface area contributed by atoms with Crippen molar-refractivity contribution in [3.63, 3.8) is 0 Å². The van der Waals surface area contributed by atoms with Crippen LogP contribution in [0.3, 0.4) is 0 Å². The number of benzene rings is 2. The Balaban J connectivity index is 1.41. The number of carbonyl (C=O) groups is 5. The van der Waals surface area contributed by atoms with Gasteiger partial charge < -0.3 is 41.2 Å². The zero-order valence-electron chi connectivity index (χ0n) is 29.3. The van der Waals surface area contributed by atoms with E-state index in [-0.39, 0.29) is 51.7 Å². The van der Waals surface area contributed by atoms with Crippen LogP contribution in [0.2, 0.25) is 0 Å².